The number of ether oxygens (including phenoxy) is 2. The Balaban J connectivity index is 2.16. The number of hydrogen-bond donors (Lipinski definition) is 2. The second kappa shape index (κ2) is 8.25. The molecule has 0 aliphatic rings. The summed E-state index contributed by atoms with van der Waals surface area (Å²) in [6.07, 6.45) is 0. The predicted molar refractivity (Wildman–Crippen MR) is 104 cm³/mol. The molecule has 5 nitrogen and oxygen atoms in total. The van der Waals surface area contributed by atoms with Crippen molar-refractivity contribution in [3.05, 3.63) is 51.5 Å². The topological polar surface area (TPSA) is 59.6 Å². The van der Waals surface area contributed by atoms with E-state index in [1.165, 1.54) is 0 Å². The monoisotopic (exact) mass is 406 g/mol. The molecule has 2 aromatic carbocycles. The van der Waals surface area contributed by atoms with E-state index in [4.69, 9.17) is 9.47 Å². The van der Waals surface area contributed by atoms with Crippen molar-refractivity contribution in [2.45, 2.75) is 26.8 Å². The molecule has 25 heavy (non-hydrogen) atoms. The largest absolute Gasteiger partial charge is 0.497 e. The van der Waals surface area contributed by atoms with Gasteiger partial charge in [-0.15, -0.1) is 0 Å². The fourth-order valence-corrected chi connectivity index (χ4v) is 3.40. The number of benzene rings is 2. The van der Waals surface area contributed by atoms with Gasteiger partial charge in [0.1, 0.15) is 11.5 Å². The van der Waals surface area contributed by atoms with E-state index in [1.54, 1.807) is 14.2 Å². The first-order valence-corrected chi connectivity index (χ1v) is 8.71. The normalized spacial score (nSPS) is 11.6. The fraction of sp³-hybridized carbons (Fsp3) is 0.316. The van der Waals surface area contributed by atoms with E-state index in [2.05, 4.69) is 26.6 Å². The maximum Gasteiger partial charge on any atom is 0.319 e. The summed E-state index contributed by atoms with van der Waals surface area (Å²) in [5.41, 5.74) is 3.65. The van der Waals surface area contributed by atoms with Gasteiger partial charge in [-0.3, -0.25) is 0 Å². The number of halogens is 1. The third kappa shape index (κ3) is 4.66. The summed E-state index contributed by atoms with van der Waals surface area (Å²) in [6.45, 7) is 5.82. The standard InChI is InChI=1S/C19H23BrN2O3/c1-11-8-14(20)9-12(2)18(11)22-19(23)21-13(3)16-10-15(24-4)6-7-17(16)25-5/h6-10,13H,1-5H3,(H2,21,22,23). The molecule has 1 unspecified atom stereocenters. The summed E-state index contributed by atoms with van der Waals surface area (Å²) in [5, 5.41) is 5.87. The van der Waals surface area contributed by atoms with Crippen LogP contribution in [0, 0.1) is 13.8 Å². The van der Waals surface area contributed by atoms with Gasteiger partial charge in [0.2, 0.25) is 0 Å². The van der Waals surface area contributed by atoms with Gasteiger partial charge in [-0.25, -0.2) is 4.79 Å². The zero-order valence-electron chi connectivity index (χ0n) is 15.1. The van der Waals surface area contributed by atoms with Crippen molar-refractivity contribution in [1.82, 2.24) is 5.32 Å². The average molecular weight is 407 g/mol. The number of aryl methyl sites for hydroxylation is 2. The molecule has 2 N–H and O–H groups in total. The maximum atomic E-state index is 12.4. The SMILES string of the molecule is COc1ccc(OC)c(C(C)NC(=O)Nc2c(C)cc(Br)cc2C)c1. The lowest BCUT2D eigenvalue weighted by Gasteiger charge is -2.19. The molecule has 0 aliphatic heterocycles. The molecule has 0 radical (unpaired) electrons. The summed E-state index contributed by atoms with van der Waals surface area (Å²) in [4.78, 5) is 12.4. The van der Waals surface area contributed by atoms with Gasteiger partial charge in [-0.2, -0.15) is 0 Å². The smallest absolute Gasteiger partial charge is 0.319 e. The van der Waals surface area contributed by atoms with Crippen molar-refractivity contribution in [3.63, 3.8) is 0 Å². The lowest BCUT2D eigenvalue weighted by Crippen LogP contribution is -2.31. The molecule has 0 heterocycles. The van der Waals surface area contributed by atoms with E-state index >= 15 is 0 Å². The molecule has 1 atom stereocenters. The summed E-state index contributed by atoms with van der Waals surface area (Å²) in [5.74, 6) is 1.41. The van der Waals surface area contributed by atoms with E-state index in [0.29, 0.717) is 11.5 Å². The molecule has 134 valence electrons. The highest BCUT2D eigenvalue weighted by Gasteiger charge is 2.16. The van der Waals surface area contributed by atoms with Gasteiger partial charge in [0, 0.05) is 15.7 Å². The first kappa shape index (κ1) is 19.1. The molecule has 0 aliphatic carbocycles. The molecule has 0 spiro atoms. The van der Waals surface area contributed by atoms with Crippen LogP contribution in [0.2, 0.25) is 0 Å². The lowest BCUT2D eigenvalue weighted by atomic mass is 10.1. The van der Waals surface area contributed by atoms with Gasteiger partial charge in [-0.05, 0) is 62.2 Å². The number of nitrogens with one attached hydrogen (secondary N) is 2. The Morgan fingerprint density at radius 3 is 2.28 bits per heavy atom. The van der Waals surface area contributed by atoms with Crippen molar-refractivity contribution in [2.24, 2.45) is 0 Å². The fourth-order valence-electron chi connectivity index (χ4n) is 2.71. The summed E-state index contributed by atoms with van der Waals surface area (Å²) >= 11 is 3.46. The molecule has 0 fully saturated rings. The Hall–Kier alpha value is -2.21. The molecule has 2 amide bonds. The van der Waals surface area contributed by atoms with E-state index in [0.717, 1.165) is 26.9 Å². The first-order valence-electron chi connectivity index (χ1n) is 7.92. The Bertz CT molecular complexity index is 754. The van der Waals surface area contributed by atoms with Crippen LogP contribution in [0.3, 0.4) is 0 Å². The third-order valence-electron chi connectivity index (χ3n) is 3.99. The Labute approximate surface area is 156 Å². The third-order valence-corrected chi connectivity index (χ3v) is 4.44. The minimum atomic E-state index is -0.272. The number of methoxy groups -OCH3 is 2. The second-order valence-electron chi connectivity index (χ2n) is 5.84. The number of anilines is 1. The first-order chi connectivity index (χ1) is 11.8. The molecular weight excluding hydrogens is 384 g/mol. The molecule has 0 bridgehead atoms. The highest BCUT2D eigenvalue weighted by atomic mass is 79.9. The molecular formula is C19H23BrN2O3. The van der Waals surface area contributed by atoms with Crippen LogP contribution in [0.5, 0.6) is 11.5 Å². The molecule has 6 heteroatoms. The van der Waals surface area contributed by atoms with Crippen LogP contribution in [0.15, 0.2) is 34.8 Å². The zero-order valence-corrected chi connectivity index (χ0v) is 16.7. The number of urea groups is 1. The van der Waals surface area contributed by atoms with Crippen LogP contribution < -0.4 is 20.1 Å². The van der Waals surface area contributed by atoms with E-state index < -0.39 is 0 Å². The summed E-state index contributed by atoms with van der Waals surface area (Å²) in [7, 11) is 3.21. The van der Waals surface area contributed by atoms with Gasteiger partial charge in [-0.1, -0.05) is 15.9 Å². The van der Waals surface area contributed by atoms with Crippen molar-refractivity contribution >= 4 is 27.6 Å². The molecule has 0 saturated carbocycles. The average Bonchev–Trinajstić information content (AvgIpc) is 2.57. The number of amides is 2. The molecule has 0 saturated heterocycles. The molecule has 2 rings (SSSR count). The highest BCUT2D eigenvalue weighted by molar-refractivity contribution is 9.10. The Morgan fingerprint density at radius 2 is 1.72 bits per heavy atom. The van der Waals surface area contributed by atoms with Crippen LogP contribution >= 0.6 is 15.9 Å². The van der Waals surface area contributed by atoms with Gasteiger partial charge < -0.3 is 20.1 Å². The summed E-state index contributed by atoms with van der Waals surface area (Å²) in [6, 6.07) is 8.93. The van der Waals surface area contributed by atoms with Gasteiger partial charge in [0.15, 0.2) is 0 Å². The Morgan fingerprint density at radius 1 is 1.08 bits per heavy atom. The summed E-state index contributed by atoms with van der Waals surface area (Å²) < 4.78 is 11.6. The van der Waals surface area contributed by atoms with Crippen molar-refractivity contribution in [2.75, 3.05) is 19.5 Å². The number of carbonyl (C=O) groups excluding carboxylic acids is 1. The van der Waals surface area contributed by atoms with Crippen LogP contribution in [-0.2, 0) is 0 Å². The minimum absolute atomic E-state index is 0.249. The quantitative estimate of drug-likeness (QED) is 0.736. The maximum absolute atomic E-state index is 12.4. The van der Waals surface area contributed by atoms with E-state index in [1.807, 2.05) is 51.1 Å². The van der Waals surface area contributed by atoms with Gasteiger partial charge in [0.05, 0.1) is 20.3 Å². The molecule has 0 aromatic heterocycles. The second-order valence-corrected chi connectivity index (χ2v) is 6.76. The van der Waals surface area contributed by atoms with Crippen molar-refractivity contribution in [3.8, 4) is 11.5 Å². The van der Waals surface area contributed by atoms with Crippen molar-refractivity contribution < 1.29 is 14.3 Å². The van der Waals surface area contributed by atoms with Crippen LogP contribution in [-0.4, -0.2) is 20.3 Å². The van der Waals surface area contributed by atoms with Crippen LogP contribution in [0.4, 0.5) is 10.5 Å². The number of carbonyl (C=O) groups is 1. The minimum Gasteiger partial charge on any atom is -0.497 e. The number of rotatable bonds is 5. The zero-order chi connectivity index (χ0) is 18.6. The number of hydrogen-bond acceptors (Lipinski definition) is 3. The molecule has 2 aromatic rings. The lowest BCUT2D eigenvalue weighted by molar-refractivity contribution is 0.249. The van der Waals surface area contributed by atoms with Crippen LogP contribution in [0.1, 0.15) is 29.7 Å². The van der Waals surface area contributed by atoms with Gasteiger partial charge >= 0.3 is 6.03 Å². The van der Waals surface area contributed by atoms with Gasteiger partial charge in [0.25, 0.3) is 0 Å². The van der Waals surface area contributed by atoms with Crippen LogP contribution in [0.25, 0.3) is 0 Å². The van der Waals surface area contributed by atoms with Crippen molar-refractivity contribution in [1.29, 1.82) is 0 Å². The highest BCUT2D eigenvalue weighted by Crippen LogP contribution is 2.29. The Kier molecular flexibility index (Phi) is 6.31. The van der Waals surface area contributed by atoms with E-state index in [9.17, 15) is 4.79 Å². The predicted octanol–water partition coefficient (Wildman–Crippen LogP) is 4.97. The van der Waals surface area contributed by atoms with E-state index in [-0.39, 0.29) is 12.1 Å².